The lowest BCUT2D eigenvalue weighted by atomic mass is 9.81. The maximum atomic E-state index is 11.1. The van der Waals surface area contributed by atoms with E-state index < -0.39 is 6.03 Å². The summed E-state index contributed by atoms with van der Waals surface area (Å²) in [5.41, 5.74) is 10.5. The number of urea groups is 1. The minimum absolute atomic E-state index is 0.189. The molecule has 0 atom stereocenters. The summed E-state index contributed by atoms with van der Waals surface area (Å²) in [5.74, 6) is 0.208. The first kappa shape index (κ1) is 11.9. The first-order chi connectivity index (χ1) is 6.97. The van der Waals surface area contributed by atoms with Crippen LogP contribution in [0.5, 0.6) is 0 Å². The second kappa shape index (κ2) is 5.09. The molecule has 0 aromatic rings. The van der Waals surface area contributed by atoms with Crippen molar-refractivity contribution in [3.8, 4) is 0 Å². The zero-order valence-electron chi connectivity index (χ0n) is 8.90. The summed E-state index contributed by atoms with van der Waals surface area (Å²) in [4.78, 5) is 23.4. The Bertz CT molecular complexity index is 250. The number of hydrogen-bond donors (Lipinski definition) is 3. The van der Waals surface area contributed by atoms with Crippen LogP contribution < -0.4 is 16.8 Å². The standard InChI is InChI=1S/C9H18N4O2/c1-13(4-6-2-7(10)3-6)5-8(14)12-9(11)15/h6-7H,2-5,10H2,1H3,(H3,11,12,14,15). The van der Waals surface area contributed by atoms with Crippen molar-refractivity contribution in [2.75, 3.05) is 20.1 Å². The monoisotopic (exact) mass is 214 g/mol. The Morgan fingerprint density at radius 3 is 2.53 bits per heavy atom. The Labute approximate surface area is 89.0 Å². The summed E-state index contributed by atoms with van der Waals surface area (Å²) in [5, 5.41) is 2.03. The van der Waals surface area contributed by atoms with E-state index in [-0.39, 0.29) is 12.5 Å². The van der Waals surface area contributed by atoms with E-state index in [0.29, 0.717) is 12.0 Å². The fourth-order valence-corrected chi connectivity index (χ4v) is 1.86. The first-order valence-electron chi connectivity index (χ1n) is 5.00. The van der Waals surface area contributed by atoms with E-state index in [1.165, 1.54) is 0 Å². The highest BCUT2D eigenvalue weighted by Crippen LogP contribution is 2.25. The Morgan fingerprint density at radius 1 is 1.47 bits per heavy atom. The van der Waals surface area contributed by atoms with Crippen molar-refractivity contribution < 1.29 is 9.59 Å². The van der Waals surface area contributed by atoms with Crippen molar-refractivity contribution >= 4 is 11.9 Å². The number of carbonyl (C=O) groups excluding carboxylic acids is 2. The van der Waals surface area contributed by atoms with Gasteiger partial charge in [-0.2, -0.15) is 0 Å². The van der Waals surface area contributed by atoms with E-state index in [2.05, 4.69) is 0 Å². The van der Waals surface area contributed by atoms with Crippen LogP contribution in [0.2, 0.25) is 0 Å². The quantitative estimate of drug-likeness (QED) is 0.550. The molecule has 3 amide bonds. The molecule has 0 spiro atoms. The van der Waals surface area contributed by atoms with Crippen LogP contribution in [0.15, 0.2) is 0 Å². The molecule has 1 saturated carbocycles. The number of hydrogen-bond acceptors (Lipinski definition) is 4. The van der Waals surface area contributed by atoms with E-state index in [4.69, 9.17) is 11.5 Å². The largest absolute Gasteiger partial charge is 0.351 e. The van der Waals surface area contributed by atoms with Crippen molar-refractivity contribution in [2.24, 2.45) is 17.4 Å². The molecule has 86 valence electrons. The third kappa shape index (κ3) is 4.26. The second-order valence-electron chi connectivity index (χ2n) is 4.21. The van der Waals surface area contributed by atoms with Gasteiger partial charge in [0.25, 0.3) is 0 Å². The molecule has 6 heteroatoms. The predicted octanol–water partition coefficient (Wildman–Crippen LogP) is -1.15. The van der Waals surface area contributed by atoms with Crippen LogP contribution in [0.4, 0.5) is 4.79 Å². The van der Waals surface area contributed by atoms with Crippen LogP contribution in [-0.2, 0) is 4.79 Å². The molecule has 0 aliphatic heterocycles. The predicted molar refractivity (Wildman–Crippen MR) is 55.9 cm³/mol. The van der Waals surface area contributed by atoms with Gasteiger partial charge in [0.05, 0.1) is 6.54 Å². The van der Waals surface area contributed by atoms with Gasteiger partial charge in [0.2, 0.25) is 5.91 Å². The maximum absolute atomic E-state index is 11.1. The number of imide groups is 1. The Morgan fingerprint density at radius 2 is 2.07 bits per heavy atom. The smallest absolute Gasteiger partial charge is 0.318 e. The molecule has 0 aromatic heterocycles. The summed E-state index contributed by atoms with van der Waals surface area (Å²) >= 11 is 0. The highest BCUT2D eigenvalue weighted by Gasteiger charge is 2.27. The molecule has 1 rings (SSSR count). The van der Waals surface area contributed by atoms with E-state index in [1.807, 2.05) is 17.3 Å². The van der Waals surface area contributed by atoms with Gasteiger partial charge < -0.3 is 11.5 Å². The molecular weight excluding hydrogens is 196 g/mol. The number of nitrogens with two attached hydrogens (primary N) is 2. The van der Waals surface area contributed by atoms with Crippen LogP contribution in [0.3, 0.4) is 0 Å². The molecule has 1 aliphatic carbocycles. The number of likely N-dealkylation sites (N-methyl/N-ethyl adjacent to an activating group) is 1. The number of primary amides is 1. The third-order valence-corrected chi connectivity index (χ3v) is 2.52. The maximum Gasteiger partial charge on any atom is 0.318 e. The second-order valence-corrected chi connectivity index (χ2v) is 4.21. The van der Waals surface area contributed by atoms with E-state index in [0.717, 1.165) is 19.4 Å². The van der Waals surface area contributed by atoms with Crippen LogP contribution in [0.1, 0.15) is 12.8 Å². The summed E-state index contributed by atoms with van der Waals surface area (Å²) in [7, 11) is 1.84. The van der Waals surface area contributed by atoms with Gasteiger partial charge in [-0.25, -0.2) is 4.79 Å². The summed E-state index contributed by atoms with van der Waals surface area (Å²) in [6, 6.07) is -0.484. The normalized spacial score (nSPS) is 24.7. The van der Waals surface area contributed by atoms with Crippen molar-refractivity contribution in [2.45, 2.75) is 18.9 Å². The SMILES string of the molecule is CN(CC(=O)NC(N)=O)CC1CC(N)C1. The molecular formula is C9H18N4O2. The van der Waals surface area contributed by atoms with Gasteiger partial charge in [0, 0.05) is 12.6 Å². The van der Waals surface area contributed by atoms with Gasteiger partial charge in [0.15, 0.2) is 0 Å². The Balaban J connectivity index is 2.15. The lowest BCUT2D eigenvalue weighted by Gasteiger charge is -2.35. The van der Waals surface area contributed by atoms with Crippen LogP contribution in [0.25, 0.3) is 0 Å². The molecule has 0 saturated heterocycles. The van der Waals surface area contributed by atoms with Crippen molar-refractivity contribution in [1.29, 1.82) is 0 Å². The van der Waals surface area contributed by atoms with E-state index in [9.17, 15) is 9.59 Å². The van der Waals surface area contributed by atoms with Crippen molar-refractivity contribution in [3.63, 3.8) is 0 Å². The molecule has 0 radical (unpaired) electrons. The molecule has 6 nitrogen and oxygen atoms in total. The Kier molecular flexibility index (Phi) is 4.05. The lowest BCUT2D eigenvalue weighted by Crippen LogP contribution is -2.45. The average Bonchev–Trinajstić information content (AvgIpc) is 1.98. The van der Waals surface area contributed by atoms with Crippen LogP contribution >= 0.6 is 0 Å². The van der Waals surface area contributed by atoms with Gasteiger partial charge in [-0.15, -0.1) is 0 Å². The Hall–Kier alpha value is -1.14. The number of carbonyl (C=O) groups is 2. The van der Waals surface area contributed by atoms with Crippen LogP contribution in [0, 0.1) is 5.92 Å². The molecule has 0 aromatic carbocycles. The average molecular weight is 214 g/mol. The third-order valence-electron chi connectivity index (χ3n) is 2.52. The molecule has 0 unspecified atom stereocenters. The zero-order valence-corrected chi connectivity index (χ0v) is 8.90. The first-order valence-corrected chi connectivity index (χ1v) is 5.00. The topological polar surface area (TPSA) is 101 Å². The molecule has 5 N–H and O–H groups in total. The molecule has 0 heterocycles. The highest BCUT2D eigenvalue weighted by molar-refractivity contribution is 5.94. The van der Waals surface area contributed by atoms with E-state index >= 15 is 0 Å². The molecule has 0 bridgehead atoms. The van der Waals surface area contributed by atoms with Gasteiger partial charge in [0.1, 0.15) is 0 Å². The number of amides is 3. The molecule has 1 fully saturated rings. The van der Waals surface area contributed by atoms with Gasteiger partial charge in [-0.05, 0) is 25.8 Å². The minimum Gasteiger partial charge on any atom is -0.351 e. The summed E-state index contributed by atoms with van der Waals surface area (Å²) in [6.07, 6.45) is 2.03. The summed E-state index contributed by atoms with van der Waals surface area (Å²) < 4.78 is 0. The fourth-order valence-electron chi connectivity index (χ4n) is 1.86. The van der Waals surface area contributed by atoms with Crippen LogP contribution in [-0.4, -0.2) is 43.0 Å². The lowest BCUT2D eigenvalue weighted by molar-refractivity contribution is -0.121. The highest BCUT2D eigenvalue weighted by atomic mass is 16.2. The van der Waals surface area contributed by atoms with Gasteiger partial charge in [-0.3, -0.25) is 15.0 Å². The van der Waals surface area contributed by atoms with Gasteiger partial charge >= 0.3 is 6.03 Å². The number of nitrogens with one attached hydrogen (secondary N) is 1. The fraction of sp³-hybridized carbons (Fsp3) is 0.778. The van der Waals surface area contributed by atoms with E-state index in [1.54, 1.807) is 0 Å². The number of rotatable bonds is 4. The zero-order chi connectivity index (χ0) is 11.4. The summed E-state index contributed by atoms with van der Waals surface area (Å²) in [6.45, 7) is 1.02. The van der Waals surface area contributed by atoms with Crippen molar-refractivity contribution in [1.82, 2.24) is 10.2 Å². The van der Waals surface area contributed by atoms with Crippen molar-refractivity contribution in [3.05, 3.63) is 0 Å². The molecule has 1 aliphatic rings. The molecule has 15 heavy (non-hydrogen) atoms. The number of nitrogens with zero attached hydrogens (tertiary/aromatic N) is 1. The minimum atomic E-state index is -0.806. The van der Waals surface area contributed by atoms with Gasteiger partial charge in [-0.1, -0.05) is 0 Å².